The predicted molar refractivity (Wildman–Crippen MR) is 29.9 cm³/mol. The number of carboxylic acid groups (broad SMARTS) is 1. The molecule has 1 N–H and O–H groups in total. The predicted octanol–water partition coefficient (Wildman–Crippen LogP) is 1.21. The number of rotatable bonds is 1. The Bertz CT molecular complexity index is 138. The summed E-state index contributed by atoms with van der Waals surface area (Å²) in [6.45, 7) is 1.57. The number of hydrogen-bond donors (Lipinski definition) is 1. The van der Waals surface area contributed by atoms with Crippen molar-refractivity contribution in [3.8, 4) is 0 Å². The molecule has 0 heterocycles. The third-order valence-corrected chi connectivity index (χ3v) is 1.86. The zero-order valence-corrected chi connectivity index (χ0v) is 5.22. The van der Waals surface area contributed by atoms with Crippen molar-refractivity contribution in [1.29, 1.82) is 0 Å². The maximum Gasteiger partial charge on any atom is 0.309 e. The molecule has 1 aliphatic rings. The van der Waals surface area contributed by atoms with Gasteiger partial charge < -0.3 is 5.11 Å². The lowest BCUT2D eigenvalue weighted by Gasteiger charge is -2.36. The van der Waals surface area contributed by atoms with Crippen LogP contribution in [0.3, 0.4) is 0 Å². The van der Waals surface area contributed by atoms with Crippen LogP contribution in [0.1, 0.15) is 19.8 Å². The molecule has 0 bridgehead atoms. The average Bonchev–Trinajstić information content (AvgIpc) is 1.62. The van der Waals surface area contributed by atoms with Gasteiger partial charge in [-0.3, -0.25) is 4.79 Å². The van der Waals surface area contributed by atoms with Gasteiger partial charge in [0.2, 0.25) is 0 Å². The first-order chi connectivity index (χ1) is 4.04. The van der Waals surface area contributed by atoms with E-state index in [2.05, 4.69) is 0 Å². The van der Waals surface area contributed by atoms with Crippen LogP contribution >= 0.6 is 0 Å². The molecule has 0 aromatic heterocycles. The molecule has 1 rings (SSSR count). The van der Waals surface area contributed by atoms with Gasteiger partial charge in [0, 0.05) is 0 Å². The van der Waals surface area contributed by atoms with Gasteiger partial charge in [0.15, 0.2) is 0 Å². The Kier molecular flexibility index (Phi) is 1.22. The standard InChI is InChI=1S/C6H9FO2/c1-6(5(8)9)2-4(7)3-6/h4H,2-3H2,1H3,(H,8,9). The molecule has 0 saturated heterocycles. The number of carbonyl (C=O) groups is 1. The zero-order valence-electron chi connectivity index (χ0n) is 5.22. The summed E-state index contributed by atoms with van der Waals surface area (Å²) in [7, 11) is 0. The van der Waals surface area contributed by atoms with Gasteiger partial charge in [-0.2, -0.15) is 0 Å². The fourth-order valence-corrected chi connectivity index (χ4v) is 1.09. The highest BCUT2D eigenvalue weighted by Gasteiger charge is 2.46. The van der Waals surface area contributed by atoms with Gasteiger partial charge in [-0.1, -0.05) is 0 Å². The van der Waals surface area contributed by atoms with Crippen LogP contribution in [-0.2, 0) is 4.79 Å². The second-order valence-corrected chi connectivity index (χ2v) is 2.87. The molecule has 9 heavy (non-hydrogen) atoms. The van der Waals surface area contributed by atoms with Gasteiger partial charge in [0.1, 0.15) is 6.17 Å². The SMILES string of the molecule is CC1(C(=O)O)CC(F)C1. The van der Waals surface area contributed by atoms with E-state index in [-0.39, 0.29) is 12.8 Å². The highest BCUT2D eigenvalue weighted by molar-refractivity contribution is 5.75. The van der Waals surface area contributed by atoms with E-state index in [1.165, 1.54) is 0 Å². The van der Waals surface area contributed by atoms with Crippen LogP contribution in [-0.4, -0.2) is 17.2 Å². The van der Waals surface area contributed by atoms with Gasteiger partial charge in [-0.25, -0.2) is 4.39 Å². The molecular formula is C6H9FO2. The maximum atomic E-state index is 12.1. The van der Waals surface area contributed by atoms with Crippen LogP contribution in [0, 0.1) is 5.41 Å². The first kappa shape index (κ1) is 6.52. The maximum absolute atomic E-state index is 12.1. The lowest BCUT2D eigenvalue weighted by atomic mass is 9.69. The molecule has 0 atom stereocenters. The highest BCUT2D eigenvalue weighted by atomic mass is 19.1. The number of alkyl halides is 1. The van der Waals surface area contributed by atoms with Gasteiger partial charge in [-0.05, 0) is 19.8 Å². The number of aliphatic carboxylic acids is 1. The molecule has 0 radical (unpaired) electrons. The molecule has 0 amide bonds. The Morgan fingerprint density at radius 3 is 2.33 bits per heavy atom. The average molecular weight is 132 g/mol. The largest absolute Gasteiger partial charge is 0.481 e. The summed E-state index contributed by atoms with van der Waals surface area (Å²) in [6.07, 6.45) is -0.518. The zero-order chi connectivity index (χ0) is 7.07. The summed E-state index contributed by atoms with van der Waals surface area (Å²) in [5.41, 5.74) is -0.764. The van der Waals surface area contributed by atoms with E-state index < -0.39 is 17.6 Å². The third kappa shape index (κ3) is 0.910. The molecule has 0 spiro atoms. The van der Waals surface area contributed by atoms with Crippen molar-refractivity contribution in [2.24, 2.45) is 5.41 Å². The summed E-state index contributed by atoms with van der Waals surface area (Å²) in [4.78, 5) is 10.3. The summed E-state index contributed by atoms with van der Waals surface area (Å²) in [6, 6.07) is 0. The van der Waals surface area contributed by atoms with E-state index in [4.69, 9.17) is 5.11 Å². The van der Waals surface area contributed by atoms with E-state index in [9.17, 15) is 9.18 Å². The number of carboxylic acids is 1. The van der Waals surface area contributed by atoms with E-state index in [1.807, 2.05) is 0 Å². The van der Waals surface area contributed by atoms with Crippen molar-refractivity contribution in [2.45, 2.75) is 25.9 Å². The van der Waals surface area contributed by atoms with Crippen molar-refractivity contribution in [3.63, 3.8) is 0 Å². The molecule has 0 unspecified atom stereocenters. The van der Waals surface area contributed by atoms with Crippen molar-refractivity contribution < 1.29 is 14.3 Å². The molecule has 3 heteroatoms. The van der Waals surface area contributed by atoms with Gasteiger partial charge >= 0.3 is 5.97 Å². The smallest absolute Gasteiger partial charge is 0.309 e. The van der Waals surface area contributed by atoms with E-state index in [1.54, 1.807) is 6.92 Å². The highest BCUT2D eigenvalue weighted by Crippen LogP contribution is 2.42. The minimum atomic E-state index is -0.883. The van der Waals surface area contributed by atoms with Crippen LogP contribution in [0.2, 0.25) is 0 Å². The van der Waals surface area contributed by atoms with Crippen molar-refractivity contribution >= 4 is 5.97 Å². The van der Waals surface area contributed by atoms with Gasteiger partial charge in [-0.15, -0.1) is 0 Å². The first-order valence-corrected chi connectivity index (χ1v) is 2.92. The molecule has 1 saturated carbocycles. The molecule has 2 nitrogen and oxygen atoms in total. The second-order valence-electron chi connectivity index (χ2n) is 2.87. The van der Waals surface area contributed by atoms with E-state index in [0.717, 1.165) is 0 Å². The van der Waals surface area contributed by atoms with Gasteiger partial charge in [0.05, 0.1) is 5.41 Å². The Balaban J connectivity index is 2.50. The minimum Gasteiger partial charge on any atom is -0.481 e. The molecule has 0 aliphatic heterocycles. The van der Waals surface area contributed by atoms with Gasteiger partial charge in [0.25, 0.3) is 0 Å². The van der Waals surface area contributed by atoms with E-state index in [0.29, 0.717) is 0 Å². The van der Waals surface area contributed by atoms with Crippen LogP contribution < -0.4 is 0 Å². The summed E-state index contributed by atoms with van der Waals surface area (Å²) in [5.74, 6) is -0.878. The van der Waals surface area contributed by atoms with Crippen LogP contribution in [0.25, 0.3) is 0 Å². The van der Waals surface area contributed by atoms with Crippen molar-refractivity contribution in [1.82, 2.24) is 0 Å². The van der Waals surface area contributed by atoms with Crippen LogP contribution in [0.5, 0.6) is 0 Å². The normalized spacial score (nSPS) is 41.8. The molecule has 0 aromatic carbocycles. The Morgan fingerprint density at radius 2 is 2.22 bits per heavy atom. The lowest BCUT2D eigenvalue weighted by Crippen LogP contribution is -2.42. The number of halogens is 1. The number of hydrogen-bond acceptors (Lipinski definition) is 1. The molecule has 1 fully saturated rings. The topological polar surface area (TPSA) is 37.3 Å². The molecule has 1 aliphatic carbocycles. The minimum absolute atomic E-state index is 0.183. The monoisotopic (exact) mass is 132 g/mol. The lowest BCUT2D eigenvalue weighted by molar-refractivity contribution is -0.157. The quantitative estimate of drug-likeness (QED) is 0.582. The summed E-state index contributed by atoms with van der Waals surface area (Å²) in [5, 5.41) is 8.44. The molecular weight excluding hydrogens is 123 g/mol. The van der Waals surface area contributed by atoms with Crippen LogP contribution in [0.15, 0.2) is 0 Å². The summed E-state index contributed by atoms with van der Waals surface area (Å²) >= 11 is 0. The van der Waals surface area contributed by atoms with Crippen molar-refractivity contribution in [3.05, 3.63) is 0 Å². The Hall–Kier alpha value is -0.600. The van der Waals surface area contributed by atoms with Crippen LogP contribution in [0.4, 0.5) is 4.39 Å². The Labute approximate surface area is 52.7 Å². The third-order valence-electron chi connectivity index (χ3n) is 1.86. The van der Waals surface area contributed by atoms with E-state index >= 15 is 0 Å². The first-order valence-electron chi connectivity index (χ1n) is 2.92. The fourth-order valence-electron chi connectivity index (χ4n) is 1.09. The Morgan fingerprint density at radius 1 is 1.78 bits per heavy atom. The second kappa shape index (κ2) is 1.69. The fraction of sp³-hybridized carbons (Fsp3) is 0.833. The summed E-state index contributed by atoms with van der Waals surface area (Å²) < 4.78 is 12.1. The molecule has 0 aromatic rings. The van der Waals surface area contributed by atoms with Crippen molar-refractivity contribution in [2.75, 3.05) is 0 Å². The molecule has 52 valence electrons.